The number of hydrogen-bond acceptors (Lipinski definition) is 4. The first-order chi connectivity index (χ1) is 6.38. The largest absolute Gasteiger partial charge is 0.326 e. The van der Waals surface area contributed by atoms with Gasteiger partial charge in [0.2, 0.25) is 0 Å². The lowest BCUT2D eigenvalue weighted by Gasteiger charge is -2.28. The summed E-state index contributed by atoms with van der Waals surface area (Å²) in [7, 11) is 0. The van der Waals surface area contributed by atoms with Gasteiger partial charge in [-0.15, -0.1) is 0 Å². The Morgan fingerprint density at radius 2 is 2.15 bits per heavy atom. The number of nitrogens with two attached hydrogens (primary N) is 1. The second-order valence-corrected chi connectivity index (χ2v) is 3.43. The third-order valence-corrected chi connectivity index (χ3v) is 2.54. The van der Waals surface area contributed by atoms with Crippen molar-refractivity contribution >= 4 is 0 Å². The van der Waals surface area contributed by atoms with Crippen LogP contribution in [0.15, 0.2) is 18.7 Å². The van der Waals surface area contributed by atoms with Crippen LogP contribution in [0, 0.1) is 0 Å². The molecule has 2 unspecified atom stereocenters. The zero-order valence-electron chi connectivity index (χ0n) is 7.48. The summed E-state index contributed by atoms with van der Waals surface area (Å²) in [4.78, 5) is 8.01. The van der Waals surface area contributed by atoms with Gasteiger partial charge in [0.05, 0.1) is 0 Å². The zero-order valence-corrected chi connectivity index (χ0v) is 7.48. The van der Waals surface area contributed by atoms with Crippen LogP contribution in [0.5, 0.6) is 0 Å². The van der Waals surface area contributed by atoms with Crippen LogP contribution in [0.25, 0.3) is 0 Å². The molecule has 1 aromatic heterocycles. The van der Waals surface area contributed by atoms with E-state index >= 15 is 0 Å². The van der Waals surface area contributed by atoms with Crippen LogP contribution in [0.3, 0.4) is 0 Å². The van der Waals surface area contributed by atoms with Crippen LogP contribution in [0.4, 0.5) is 0 Å². The van der Waals surface area contributed by atoms with Crippen molar-refractivity contribution in [3.05, 3.63) is 24.3 Å². The Bertz CT molecular complexity index is 262. The summed E-state index contributed by atoms with van der Waals surface area (Å²) in [6.45, 7) is 1.92. The van der Waals surface area contributed by atoms with Gasteiger partial charge in [-0.25, -0.2) is 9.97 Å². The van der Waals surface area contributed by atoms with Gasteiger partial charge in [-0.05, 0) is 18.5 Å². The maximum absolute atomic E-state index is 5.99. The number of nitrogens with zero attached hydrogens (tertiary/aromatic N) is 2. The second kappa shape index (κ2) is 3.81. The molecule has 1 fully saturated rings. The molecule has 1 aliphatic heterocycles. The highest BCUT2D eigenvalue weighted by Crippen LogP contribution is 2.22. The number of rotatable bonds is 1. The van der Waals surface area contributed by atoms with Gasteiger partial charge in [-0.3, -0.25) is 0 Å². The monoisotopic (exact) mass is 178 g/mol. The Balaban J connectivity index is 2.15. The van der Waals surface area contributed by atoms with Gasteiger partial charge in [0, 0.05) is 30.9 Å². The summed E-state index contributed by atoms with van der Waals surface area (Å²) in [6, 6.07) is 0.194. The van der Waals surface area contributed by atoms with Crippen LogP contribution in [-0.4, -0.2) is 29.1 Å². The molecule has 1 aliphatic rings. The molecular weight excluding hydrogens is 164 g/mol. The summed E-state index contributed by atoms with van der Waals surface area (Å²) in [5, 5.41) is 3.27. The van der Waals surface area contributed by atoms with Crippen molar-refractivity contribution in [1.82, 2.24) is 15.3 Å². The van der Waals surface area contributed by atoms with Crippen molar-refractivity contribution in [2.24, 2.45) is 5.73 Å². The Morgan fingerprint density at radius 1 is 1.38 bits per heavy atom. The van der Waals surface area contributed by atoms with Crippen molar-refractivity contribution < 1.29 is 0 Å². The quantitative estimate of drug-likeness (QED) is 0.629. The van der Waals surface area contributed by atoms with Gasteiger partial charge in [-0.2, -0.15) is 0 Å². The Morgan fingerprint density at radius 3 is 2.85 bits per heavy atom. The molecule has 0 amide bonds. The third kappa shape index (κ3) is 1.84. The zero-order chi connectivity index (χ0) is 9.10. The molecule has 70 valence electrons. The summed E-state index contributed by atoms with van der Waals surface area (Å²) in [5.41, 5.74) is 7.16. The van der Waals surface area contributed by atoms with Gasteiger partial charge < -0.3 is 11.1 Å². The first-order valence-electron chi connectivity index (χ1n) is 4.59. The molecule has 4 heteroatoms. The predicted octanol–water partition coefficient (Wildman–Crippen LogP) is -0.119. The fraction of sp³-hybridized carbons (Fsp3) is 0.556. The van der Waals surface area contributed by atoms with Crippen molar-refractivity contribution in [3.63, 3.8) is 0 Å². The Labute approximate surface area is 77.6 Å². The summed E-state index contributed by atoms with van der Waals surface area (Å²) in [6.07, 6.45) is 6.36. The Hall–Kier alpha value is -1.00. The average molecular weight is 178 g/mol. The summed E-state index contributed by atoms with van der Waals surface area (Å²) >= 11 is 0. The van der Waals surface area contributed by atoms with E-state index in [4.69, 9.17) is 5.73 Å². The standard InChI is InChI=1S/C9H14N4/c10-9-5-11-2-1-8(9)7-3-12-6-13-4-7/h3-4,6,8-9,11H,1-2,5,10H2. The average Bonchev–Trinajstić information content (AvgIpc) is 2.20. The molecule has 0 aromatic carbocycles. The van der Waals surface area contributed by atoms with E-state index in [9.17, 15) is 0 Å². The lowest BCUT2D eigenvalue weighted by molar-refractivity contribution is 0.401. The molecule has 4 nitrogen and oxygen atoms in total. The minimum atomic E-state index is 0.194. The third-order valence-electron chi connectivity index (χ3n) is 2.54. The van der Waals surface area contributed by atoms with Crippen molar-refractivity contribution in [2.75, 3.05) is 13.1 Å². The number of nitrogens with one attached hydrogen (secondary N) is 1. The maximum Gasteiger partial charge on any atom is 0.115 e. The fourth-order valence-electron chi connectivity index (χ4n) is 1.80. The molecule has 0 radical (unpaired) electrons. The fourth-order valence-corrected chi connectivity index (χ4v) is 1.80. The molecule has 3 N–H and O–H groups in total. The summed E-state index contributed by atoms with van der Waals surface area (Å²) in [5.74, 6) is 0.419. The van der Waals surface area contributed by atoms with E-state index in [1.807, 2.05) is 12.4 Å². The highest BCUT2D eigenvalue weighted by Gasteiger charge is 2.23. The minimum Gasteiger partial charge on any atom is -0.326 e. The van der Waals surface area contributed by atoms with Crippen LogP contribution < -0.4 is 11.1 Å². The molecule has 13 heavy (non-hydrogen) atoms. The second-order valence-electron chi connectivity index (χ2n) is 3.43. The van der Waals surface area contributed by atoms with E-state index in [2.05, 4.69) is 15.3 Å². The van der Waals surface area contributed by atoms with Crippen molar-refractivity contribution in [1.29, 1.82) is 0 Å². The van der Waals surface area contributed by atoms with Gasteiger partial charge in [0.1, 0.15) is 6.33 Å². The number of aromatic nitrogens is 2. The smallest absolute Gasteiger partial charge is 0.115 e. The van der Waals surface area contributed by atoms with E-state index in [0.717, 1.165) is 25.1 Å². The molecule has 0 aliphatic carbocycles. The van der Waals surface area contributed by atoms with E-state index in [1.54, 1.807) is 6.33 Å². The first kappa shape index (κ1) is 8.59. The van der Waals surface area contributed by atoms with Crippen LogP contribution >= 0.6 is 0 Å². The highest BCUT2D eigenvalue weighted by atomic mass is 14.9. The van der Waals surface area contributed by atoms with E-state index in [1.165, 1.54) is 0 Å². The number of hydrogen-bond donors (Lipinski definition) is 2. The SMILES string of the molecule is NC1CNCCC1c1cncnc1. The van der Waals surface area contributed by atoms with E-state index in [-0.39, 0.29) is 6.04 Å². The first-order valence-corrected chi connectivity index (χ1v) is 4.59. The lowest BCUT2D eigenvalue weighted by Crippen LogP contribution is -2.44. The van der Waals surface area contributed by atoms with Gasteiger partial charge in [0.25, 0.3) is 0 Å². The lowest BCUT2D eigenvalue weighted by atomic mass is 9.88. The van der Waals surface area contributed by atoms with Crippen LogP contribution in [0.1, 0.15) is 17.9 Å². The Kier molecular flexibility index (Phi) is 2.52. The molecule has 0 saturated carbocycles. The topological polar surface area (TPSA) is 63.8 Å². The molecule has 2 heterocycles. The number of piperidine rings is 1. The maximum atomic E-state index is 5.99. The molecule has 0 spiro atoms. The van der Waals surface area contributed by atoms with Crippen molar-refractivity contribution in [2.45, 2.75) is 18.4 Å². The normalized spacial score (nSPS) is 28.7. The highest BCUT2D eigenvalue weighted by molar-refractivity contribution is 5.14. The van der Waals surface area contributed by atoms with Crippen LogP contribution in [0.2, 0.25) is 0 Å². The van der Waals surface area contributed by atoms with Gasteiger partial charge >= 0.3 is 0 Å². The minimum absolute atomic E-state index is 0.194. The molecule has 1 saturated heterocycles. The van der Waals surface area contributed by atoms with Gasteiger partial charge in [-0.1, -0.05) is 0 Å². The molecule has 1 aromatic rings. The van der Waals surface area contributed by atoms with E-state index in [0.29, 0.717) is 5.92 Å². The van der Waals surface area contributed by atoms with Crippen LogP contribution in [-0.2, 0) is 0 Å². The van der Waals surface area contributed by atoms with Gasteiger partial charge in [0.15, 0.2) is 0 Å². The summed E-state index contributed by atoms with van der Waals surface area (Å²) < 4.78 is 0. The molecule has 0 bridgehead atoms. The molecular formula is C9H14N4. The van der Waals surface area contributed by atoms with Crippen molar-refractivity contribution in [3.8, 4) is 0 Å². The molecule has 2 rings (SSSR count). The molecule has 2 atom stereocenters. The van der Waals surface area contributed by atoms with E-state index < -0.39 is 0 Å². The predicted molar refractivity (Wildman–Crippen MR) is 50.2 cm³/mol.